The second-order valence-electron chi connectivity index (χ2n) is 3.60. The molecule has 2 aromatic carbocycles. The van der Waals surface area contributed by atoms with Gasteiger partial charge in [-0.3, -0.25) is 0 Å². The van der Waals surface area contributed by atoms with E-state index in [1.807, 2.05) is 48.5 Å². The SMILES string of the molecule is N/N=C(/Cc1ccccc1)c1ccccc1. The molecule has 0 fully saturated rings. The molecule has 80 valence electrons. The van der Waals surface area contributed by atoms with Crippen molar-refractivity contribution in [2.75, 3.05) is 0 Å². The Morgan fingerprint density at radius 1 is 0.875 bits per heavy atom. The maximum Gasteiger partial charge on any atom is 0.0716 e. The Hall–Kier alpha value is -2.09. The zero-order valence-corrected chi connectivity index (χ0v) is 9.01. The number of hydrogen-bond acceptors (Lipinski definition) is 2. The smallest absolute Gasteiger partial charge is 0.0716 e. The van der Waals surface area contributed by atoms with Crippen molar-refractivity contribution in [2.45, 2.75) is 6.42 Å². The van der Waals surface area contributed by atoms with Crippen molar-refractivity contribution < 1.29 is 0 Å². The zero-order valence-electron chi connectivity index (χ0n) is 9.01. The van der Waals surface area contributed by atoms with Crippen LogP contribution < -0.4 is 5.84 Å². The normalized spacial score (nSPS) is 11.4. The Morgan fingerprint density at radius 2 is 1.44 bits per heavy atom. The van der Waals surface area contributed by atoms with E-state index in [4.69, 9.17) is 5.84 Å². The fourth-order valence-electron chi connectivity index (χ4n) is 1.64. The number of hydrogen-bond donors (Lipinski definition) is 1. The lowest BCUT2D eigenvalue weighted by Crippen LogP contribution is -2.07. The second-order valence-corrected chi connectivity index (χ2v) is 3.60. The van der Waals surface area contributed by atoms with Crippen LogP contribution in [0.4, 0.5) is 0 Å². The molecular formula is C14H14N2. The Kier molecular flexibility index (Phi) is 3.34. The molecule has 0 aliphatic heterocycles. The maximum absolute atomic E-state index is 5.44. The summed E-state index contributed by atoms with van der Waals surface area (Å²) >= 11 is 0. The molecule has 0 radical (unpaired) electrons. The van der Waals surface area contributed by atoms with E-state index < -0.39 is 0 Å². The summed E-state index contributed by atoms with van der Waals surface area (Å²) in [6, 6.07) is 20.2. The van der Waals surface area contributed by atoms with E-state index >= 15 is 0 Å². The summed E-state index contributed by atoms with van der Waals surface area (Å²) in [4.78, 5) is 0. The Bertz CT molecular complexity index is 461. The molecule has 2 aromatic rings. The lowest BCUT2D eigenvalue weighted by molar-refractivity contribution is 1.19. The van der Waals surface area contributed by atoms with Crippen LogP contribution in [0.2, 0.25) is 0 Å². The summed E-state index contributed by atoms with van der Waals surface area (Å²) in [5, 5.41) is 3.87. The summed E-state index contributed by atoms with van der Waals surface area (Å²) < 4.78 is 0. The number of benzene rings is 2. The molecule has 0 saturated heterocycles. The van der Waals surface area contributed by atoms with Crippen LogP contribution in [0.3, 0.4) is 0 Å². The summed E-state index contributed by atoms with van der Waals surface area (Å²) in [6.07, 6.45) is 0.765. The van der Waals surface area contributed by atoms with Gasteiger partial charge in [-0.2, -0.15) is 5.10 Å². The molecule has 0 aliphatic carbocycles. The molecule has 0 saturated carbocycles. The molecule has 2 N–H and O–H groups in total. The highest BCUT2D eigenvalue weighted by molar-refractivity contribution is 6.01. The first kappa shape index (κ1) is 10.4. The molecule has 0 aliphatic rings. The number of nitrogens with zero attached hydrogens (tertiary/aromatic N) is 1. The van der Waals surface area contributed by atoms with Crippen LogP contribution in [0, 0.1) is 0 Å². The molecule has 0 aromatic heterocycles. The van der Waals surface area contributed by atoms with Gasteiger partial charge in [-0.15, -0.1) is 0 Å². The van der Waals surface area contributed by atoms with Gasteiger partial charge in [0.05, 0.1) is 5.71 Å². The highest BCUT2D eigenvalue weighted by atomic mass is 15.1. The molecule has 0 spiro atoms. The van der Waals surface area contributed by atoms with Gasteiger partial charge in [0.15, 0.2) is 0 Å². The third-order valence-corrected chi connectivity index (χ3v) is 2.48. The predicted octanol–water partition coefficient (Wildman–Crippen LogP) is 2.59. The fraction of sp³-hybridized carbons (Fsp3) is 0.0714. The van der Waals surface area contributed by atoms with Crippen molar-refractivity contribution in [1.82, 2.24) is 0 Å². The largest absolute Gasteiger partial charge is 0.323 e. The monoisotopic (exact) mass is 210 g/mol. The summed E-state index contributed by atoms with van der Waals surface area (Å²) in [7, 11) is 0. The zero-order chi connectivity index (χ0) is 11.2. The van der Waals surface area contributed by atoms with Crippen LogP contribution in [0.25, 0.3) is 0 Å². The first-order valence-corrected chi connectivity index (χ1v) is 5.26. The van der Waals surface area contributed by atoms with Gasteiger partial charge in [0.25, 0.3) is 0 Å². The van der Waals surface area contributed by atoms with Gasteiger partial charge in [-0.25, -0.2) is 0 Å². The minimum absolute atomic E-state index is 0.765. The third-order valence-electron chi connectivity index (χ3n) is 2.48. The van der Waals surface area contributed by atoms with E-state index in [1.54, 1.807) is 0 Å². The number of nitrogens with two attached hydrogens (primary N) is 1. The van der Waals surface area contributed by atoms with Crippen LogP contribution in [0.15, 0.2) is 65.8 Å². The van der Waals surface area contributed by atoms with Gasteiger partial charge >= 0.3 is 0 Å². The van der Waals surface area contributed by atoms with Crippen LogP contribution in [0.5, 0.6) is 0 Å². The lowest BCUT2D eigenvalue weighted by atomic mass is 10.0. The first-order valence-electron chi connectivity index (χ1n) is 5.26. The number of hydrazone groups is 1. The maximum atomic E-state index is 5.44. The number of rotatable bonds is 3. The highest BCUT2D eigenvalue weighted by Crippen LogP contribution is 2.07. The van der Waals surface area contributed by atoms with Gasteiger partial charge < -0.3 is 5.84 Å². The molecule has 0 unspecified atom stereocenters. The van der Waals surface area contributed by atoms with E-state index in [-0.39, 0.29) is 0 Å². The van der Waals surface area contributed by atoms with E-state index in [2.05, 4.69) is 17.2 Å². The average Bonchev–Trinajstić information content (AvgIpc) is 2.38. The van der Waals surface area contributed by atoms with Gasteiger partial charge in [-0.05, 0) is 11.1 Å². The predicted molar refractivity (Wildman–Crippen MR) is 67.3 cm³/mol. The van der Waals surface area contributed by atoms with Crippen molar-refractivity contribution in [3.8, 4) is 0 Å². The Morgan fingerprint density at radius 3 is 2.00 bits per heavy atom. The Labute approximate surface area is 95.4 Å². The van der Waals surface area contributed by atoms with Crippen LogP contribution in [0.1, 0.15) is 11.1 Å². The minimum atomic E-state index is 0.765. The molecule has 0 heterocycles. The molecule has 2 heteroatoms. The molecular weight excluding hydrogens is 196 g/mol. The molecule has 0 bridgehead atoms. The van der Waals surface area contributed by atoms with Crippen molar-refractivity contribution in [2.24, 2.45) is 10.9 Å². The van der Waals surface area contributed by atoms with Crippen LogP contribution in [-0.4, -0.2) is 5.71 Å². The highest BCUT2D eigenvalue weighted by Gasteiger charge is 2.03. The molecule has 2 nitrogen and oxygen atoms in total. The standard InChI is InChI=1S/C14H14N2/c15-16-14(13-9-5-2-6-10-13)11-12-7-3-1-4-8-12/h1-10H,11,15H2/b16-14-. The van der Waals surface area contributed by atoms with Crippen LogP contribution in [-0.2, 0) is 6.42 Å². The molecule has 2 rings (SSSR count). The minimum Gasteiger partial charge on any atom is -0.323 e. The van der Waals surface area contributed by atoms with Crippen molar-refractivity contribution in [1.29, 1.82) is 0 Å². The van der Waals surface area contributed by atoms with E-state index in [9.17, 15) is 0 Å². The van der Waals surface area contributed by atoms with Crippen molar-refractivity contribution >= 4 is 5.71 Å². The summed E-state index contributed by atoms with van der Waals surface area (Å²) in [5.41, 5.74) is 3.20. The van der Waals surface area contributed by atoms with Crippen LogP contribution >= 0.6 is 0 Å². The van der Waals surface area contributed by atoms with E-state index in [0.717, 1.165) is 17.7 Å². The summed E-state index contributed by atoms with van der Waals surface area (Å²) in [5.74, 6) is 5.44. The molecule has 0 amide bonds. The lowest BCUT2D eigenvalue weighted by Gasteiger charge is -2.05. The van der Waals surface area contributed by atoms with Gasteiger partial charge in [0.2, 0.25) is 0 Å². The summed E-state index contributed by atoms with van der Waals surface area (Å²) in [6.45, 7) is 0. The van der Waals surface area contributed by atoms with Gasteiger partial charge in [-0.1, -0.05) is 60.7 Å². The van der Waals surface area contributed by atoms with E-state index in [0.29, 0.717) is 0 Å². The Balaban J connectivity index is 2.20. The topological polar surface area (TPSA) is 38.4 Å². The van der Waals surface area contributed by atoms with E-state index in [1.165, 1.54) is 5.56 Å². The van der Waals surface area contributed by atoms with Gasteiger partial charge in [0, 0.05) is 6.42 Å². The van der Waals surface area contributed by atoms with Crippen molar-refractivity contribution in [3.05, 3.63) is 71.8 Å². The average molecular weight is 210 g/mol. The third kappa shape index (κ3) is 2.48. The molecule has 0 atom stereocenters. The quantitative estimate of drug-likeness (QED) is 0.472. The first-order chi connectivity index (χ1) is 7.90. The fourth-order valence-corrected chi connectivity index (χ4v) is 1.64. The van der Waals surface area contributed by atoms with Gasteiger partial charge in [0.1, 0.15) is 0 Å². The second kappa shape index (κ2) is 5.12. The molecule has 16 heavy (non-hydrogen) atoms. The van der Waals surface area contributed by atoms with Crippen molar-refractivity contribution in [3.63, 3.8) is 0 Å².